The van der Waals surface area contributed by atoms with Crippen LogP contribution in [0.1, 0.15) is 12.0 Å². The van der Waals surface area contributed by atoms with E-state index in [1.54, 1.807) is 6.33 Å². The molecule has 1 aromatic heterocycles. The topological polar surface area (TPSA) is 49.3 Å². The average Bonchev–Trinajstić information content (AvgIpc) is 2.73. The minimum Gasteiger partial charge on any atom is -0.352 e. The van der Waals surface area contributed by atoms with E-state index >= 15 is 0 Å². The third kappa shape index (κ3) is 4.28. The van der Waals surface area contributed by atoms with Crippen LogP contribution in [0.15, 0.2) is 53.3 Å². The van der Waals surface area contributed by atoms with Crippen molar-refractivity contribution in [1.29, 1.82) is 0 Å². The van der Waals surface area contributed by atoms with Crippen molar-refractivity contribution in [3.8, 4) is 0 Å². The Hall–Kier alpha value is -2.18. The Morgan fingerprint density at radius 1 is 1.04 bits per heavy atom. The molecule has 0 bridgehead atoms. The van der Waals surface area contributed by atoms with Crippen LogP contribution in [-0.4, -0.2) is 47.0 Å². The first-order valence-corrected chi connectivity index (χ1v) is 10.4. The van der Waals surface area contributed by atoms with E-state index in [1.807, 2.05) is 47.4 Å². The number of aryl methyl sites for hydroxylation is 1. The van der Waals surface area contributed by atoms with Crippen LogP contribution in [0.2, 0.25) is 5.02 Å². The van der Waals surface area contributed by atoms with E-state index in [0.717, 1.165) is 51.3 Å². The van der Waals surface area contributed by atoms with Gasteiger partial charge in [-0.1, -0.05) is 39.7 Å². The first kappa shape index (κ1) is 19.2. The Labute approximate surface area is 177 Å². The number of carbonyl (C=O) groups is 1. The number of piperazine rings is 1. The van der Waals surface area contributed by atoms with Crippen LogP contribution >= 0.6 is 27.5 Å². The molecule has 1 aliphatic heterocycles. The third-order valence-electron chi connectivity index (χ3n) is 5.05. The summed E-state index contributed by atoms with van der Waals surface area (Å²) in [5.74, 6) is 1.13. The van der Waals surface area contributed by atoms with Gasteiger partial charge in [0, 0.05) is 47.5 Å². The van der Waals surface area contributed by atoms with Crippen LogP contribution in [0.3, 0.4) is 0 Å². The minimum atomic E-state index is 0.199. The highest BCUT2D eigenvalue weighted by atomic mass is 79.9. The van der Waals surface area contributed by atoms with Gasteiger partial charge in [0.05, 0.1) is 5.52 Å². The molecule has 0 N–H and O–H groups in total. The van der Waals surface area contributed by atoms with E-state index in [4.69, 9.17) is 11.6 Å². The van der Waals surface area contributed by atoms with Crippen molar-refractivity contribution < 1.29 is 4.79 Å². The van der Waals surface area contributed by atoms with Gasteiger partial charge in [-0.3, -0.25) is 4.79 Å². The molecule has 28 heavy (non-hydrogen) atoms. The standard InChI is InChI=1S/C21H20BrClN4O/c22-16-4-7-19-18(13-16)21(25-14-24-19)27-11-9-26(10-12-27)20(28)8-3-15-1-5-17(23)6-2-15/h1-2,4-7,13-14H,3,8-12H2. The van der Waals surface area contributed by atoms with Gasteiger partial charge < -0.3 is 9.80 Å². The van der Waals surface area contributed by atoms with Crippen molar-refractivity contribution in [3.05, 3.63) is 63.9 Å². The quantitative estimate of drug-likeness (QED) is 0.583. The molecule has 1 saturated heterocycles. The lowest BCUT2D eigenvalue weighted by Crippen LogP contribution is -2.49. The molecule has 4 rings (SSSR count). The number of hydrogen-bond donors (Lipinski definition) is 0. The number of rotatable bonds is 4. The van der Waals surface area contributed by atoms with Gasteiger partial charge in [-0.25, -0.2) is 9.97 Å². The summed E-state index contributed by atoms with van der Waals surface area (Å²) in [6.07, 6.45) is 2.86. The van der Waals surface area contributed by atoms with E-state index in [-0.39, 0.29) is 5.91 Å². The van der Waals surface area contributed by atoms with Crippen molar-refractivity contribution in [2.75, 3.05) is 31.1 Å². The Balaban J connectivity index is 1.37. The van der Waals surface area contributed by atoms with E-state index in [2.05, 4.69) is 30.8 Å². The second-order valence-corrected chi connectivity index (χ2v) is 8.21. The highest BCUT2D eigenvalue weighted by Crippen LogP contribution is 2.27. The Kier molecular flexibility index (Phi) is 5.78. The first-order valence-electron chi connectivity index (χ1n) is 9.27. The molecule has 2 aromatic carbocycles. The predicted molar refractivity (Wildman–Crippen MR) is 116 cm³/mol. The van der Waals surface area contributed by atoms with Gasteiger partial charge >= 0.3 is 0 Å². The van der Waals surface area contributed by atoms with E-state index < -0.39 is 0 Å². The molecule has 0 unspecified atom stereocenters. The molecule has 0 saturated carbocycles. The molecule has 3 aromatic rings. The molecule has 0 atom stereocenters. The lowest BCUT2D eigenvalue weighted by atomic mass is 10.1. The van der Waals surface area contributed by atoms with Crippen LogP contribution < -0.4 is 4.90 Å². The SMILES string of the molecule is O=C(CCc1ccc(Cl)cc1)N1CCN(c2ncnc3ccc(Br)cc23)CC1. The number of amides is 1. The van der Waals surface area contributed by atoms with Gasteiger partial charge in [0.25, 0.3) is 0 Å². The van der Waals surface area contributed by atoms with Crippen LogP contribution in [0.4, 0.5) is 5.82 Å². The van der Waals surface area contributed by atoms with Gasteiger partial charge in [-0.05, 0) is 42.3 Å². The minimum absolute atomic E-state index is 0.199. The van der Waals surface area contributed by atoms with Gasteiger partial charge in [0.15, 0.2) is 0 Å². The number of benzene rings is 2. The zero-order chi connectivity index (χ0) is 19.5. The van der Waals surface area contributed by atoms with Crippen LogP contribution in [0.25, 0.3) is 10.9 Å². The molecule has 0 spiro atoms. The largest absolute Gasteiger partial charge is 0.352 e. The maximum atomic E-state index is 12.6. The van der Waals surface area contributed by atoms with Crippen molar-refractivity contribution in [2.45, 2.75) is 12.8 Å². The number of aromatic nitrogens is 2. The van der Waals surface area contributed by atoms with Crippen LogP contribution in [-0.2, 0) is 11.2 Å². The fourth-order valence-corrected chi connectivity index (χ4v) is 3.98. The second-order valence-electron chi connectivity index (χ2n) is 6.85. The number of anilines is 1. The smallest absolute Gasteiger partial charge is 0.223 e. The highest BCUT2D eigenvalue weighted by Gasteiger charge is 2.23. The maximum absolute atomic E-state index is 12.6. The fraction of sp³-hybridized carbons (Fsp3) is 0.286. The van der Waals surface area contributed by atoms with Crippen molar-refractivity contribution >= 4 is 50.2 Å². The number of hydrogen-bond acceptors (Lipinski definition) is 4. The molecular formula is C21H20BrClN4O. The monoisotopic (exact) mass is 458 g/mol. The first-order chi connectivity index (χ1) is 13.6. The summed E-state index contributed by atoms with van der Waals surface area (Å²) in [6.45, 7) is 2.95. The normalized spacial score (nSPS) is 14.5. The van der Waals surface area contributed by atoms with Gasteiger partial charge in [-0.2, -0.15) is 0 Å². The summed E-state index contributed by atoms with van der Waals surface area (Å²) >= 11 is 9.44. The summed E-state index contributed by atoms with van der Waals surface area (Å²) in [7, 11) is 0. The van der Waals surface area contributed by atoms with E-state index in [9.17, 15) is 4.79 Å². The van der Waals surface area contributed by atoms with E-state index in [1.165, 1.54) is 0 Å². The summed E-state index contributed by atoms with van der Waals surface area (Å²) in [6, 6.07) is 13.7. The summed E-state index contributed by atoms with van der Waals surface area (Å²) in [4.78, 5) is 25.6. The Bertz CT molecular complexity index is 987. The lowest BCUT2D eigenvalue weighted by Gasteiger charge is -2.35. The molecule has 2 heterocycles. The summed E-state index contributed by atoms with van der Waals surface area (Å²) in [5, 5.41) is 1.75. The Morgan fingerprint density at radius 2 is 1.79 bits per heavy atom. The molecular weight excluding hydrogens is 440 g/mol. The molecule has 0 aliphatic carbocycles. The molecule has 1 fully saturated rings. The summed E-state index contributed by atoms with van der Waals surface area (Å²) < 4.78 is 1.01. The Morgan fingerprint density at radius 3 is 2.54 bits per heavy atom. The van der Waals surface area contributed by atoms with Crippen molar-refractivity contribution in [2.24, 2.45) is 0 Å². The maximum Gasteiger partial charge on any atom is 0.223 e. The summed E-state index contributed by atoms with van der Waals surface area (Å²) in [5.41, 5.74) is 2.06. The number of fused-ring (bicyclic) bond motifs is 1. The molecule has 1 aliphatic rings. The molecule has 7 heteroatoms. The average molecular weight is 460 g/mol. The highest BCUT2D eigenvalue weighted by molar-refractivity contribution is 9.10. The van der Waals surface area contributed by atoms with Crippen LogP contribution in [0, 0.1) is 0 Å². The zero-order valence-corrected chi connectivity index (χ0v) is 17.7. The molecule has 144 valence electrons. The number of nitrogens with zero attached hydrogens (tertiary/aromatic N) is 4. The fourth-order valence-electron chi connectivity index (χ4n) is 3.50. The van der Waals surface area contributed by atoms with Crippen molar-refractivity contribution in [3.63, 3.8) is 0 Å². The molecule has 5 nitrogen and oxygen atoms in total. The molecule has 0 radical (unpaired) electrons. The van der Waals surface area contributed by atoms with Gasteiger partial charge in [0.1, 0.15) is 12.1 Å². The number of carbonyl (C=O) groups excluding carboxylic acids is 1. The molecule has 1 amide bonds. The zero-order valence-electron chi connectivity index (χ0n) is 15.3. The second kappa shape index (κ2) is 8.45. The predicted octanol–water partition coefficient (Wildman–Crippen LogP) is 4.33. The van der Waals surface area contributed by atoms with Crippen molar-refractivity contribution in [1.82, 2.24) is 14.9 Å². The van der Waals surface area contributed by atoms with Crippen LogP contribution in [0.5, 0.6) is 0 Å². The third-order valence-corrected chi connectivity index (χ3v) is 5.79. The lowest BCUT2D eigenvalue weighted by molar-refractivity contribution is -0.131. The van der Waals surface area contributed by atoms with E-state index in [0.29, 0.717) is 19.5 Å². The van der Waals surface area contributed by atoms with Gasteiger partial charge in [0.2, 0.25) is 5.91 Å². The van der Waals surface area contributed by atoms with Gasteiger partial charge in [-0.15, -0.1) is 0 Å². The number of halogens is 2.